The number of nitrogens with one attached hydrogen (secondary N) is 2. The second-order valence-corrected chi connectivity index (χ2v) is 6.34. The number of hydrogen-bond donors (Lipinski definition) is 2. The number of ether oxygens (including phenoxy) is 2. The Balaban J connectivity index is 1.54. The minimum Gasteiger partial charge on any atom is -0.490 e. The van der Waals surface area contributed by atoms with Crippen molar-refractivity contribution in [2.75, 3.05) is 26.3 Å². The van der Waals surface area contributed by atoms with E-state index in [1.54, 1.807) is 41.8 Å². The lowest BCUT2D eigenvalue weighted by molar-refractivity contribution is -0.144. The first-order valence-corrected chi connectivity index (χ1v) is 8.93. The van der Waals surface area contributed by atoms with E-state index in [1.165, 1.54) is 11.3 Å². The summed E-state index contributed by atoms with van der Waals surface area (Å²) in [5, 5.41) is 7.20. The van der Waals surface area contributed by atoms with E-state index in [9.17, 15) is 14.4 Å². The van der Waals surface area contributed by atoms with Crippen LogP contribution in [-0.2, 0) is 14.3 Å². The summed E-state index contributed by atoms with van der Waals surface area (Å²) in [5.74, 6) is -0.802. The van der Waals surface area contributed by atoms with Crippen molar-refractivity contribution in [2.24, 2.45) is 0 Å². The molecular weight excluding hydrogens is 380 g/mol. The standard InChI is InChI=1S/C17H17ClN2O5S/c18-12-3-5-13(6-4-12)24-7-8-25-16(22)11-19-15(21)10-20-17(23)14-2-1-9-26-14/h1-6,9H,7-8,10-11H2,(H,19,21)(H,20,23). The van der Waals surface area contributed by atoms with Gasteiger partial charge in [-0.3, -0.25) is 14.4 Å². The number of carbonyl (C=O) groups excluding carboxylic acids is 3. The number of esters is 1. The molecule has 0 fully saturated rings. The van der Waals surface area contributed by atoms with Crippen LogP contribution in [0.4, 0.5) is 0 Å². The summed E-state index contributed by atoms with van der Waals surface area (Å²) in [7, 11) is 0. The van der Waals surface area contributed by atoms with Crippen molar-refractivity contribution in [1.29, 1.82) is 0 Å². The van der Waals surface area contributed by atoms with Gasteiger partial charge < -0.3 is 20.1 Å². The Morgan fingerprint density at radius 1 is 1.00 bits per heavy atom. The Hall–Kier alpha value is -2.58. The Labute approximate surface area is 159 Å². The van der Waals surface area contributed by atoms with E-state index < -0.39 is 11.9 Å². The maximum Gasteiger partial charge on any atom is 0.325 e. The molecule has 138 valence electrons. The van der Waals surface area contributed by atoms with Gasteiger partial charge in [0.15, 0.2) is 0 Å². The zero-order valence-electron chi connectivity index (χ0n) is 13.7. The highest BCUT2D eigenvalue weighted by Crippen LogP contribution is 2.15. The highest BCUT2D eigenvalue weighted by Gasteiger charge is 2.10. The first kappa shape index (κ1) is 19.7. The molecule has 7 nitrogen and oxygen atoms in total. The van der Waals surface area contributed by atoms with Crippen LogP contribution in [0.2, 0.25) is 5.02 Å². The number of carbonyl (C=O) groups is 3. The molecule has 0 unspecified atom stereocenters. The van der Waals surface area contributed by atoms with Crippen LogP contribution in [-0.4, -0.2) is 44.1 Å². The third-order valence-electron chi connectivity index (χ3n) is 3.01. The molecule has 2 amide bonds. The highest BCUT2D eigenvalue weighted by atomic mass is 35.5. The summed E-state index contributed by atoms with van der Waals surface area (Å²) < 4.78 is 10.3. The van der Waals surface area contributed by atoms with Gasteiger partial charge >= 0.3 is 5.97 Å². The van der Waals surface area contributed by atoms with Crippen molar-refractivity contribution in [1.82, 2.24) is 10.6 Å². The van der Waals surface area contributed by atoms with E-state index in [4.69, 9.17) is 21.1 Å². The number of amides is 2. The van der Waals surface area contributed by atoms with Gasteiger partial charge in [0.1, 0.15) is 25.5 Å². The van der Waals surface area contributed by atoms with E-state index in [0.29, 0.717) is 15.6 Å². The van der Waals surface area contributed by atoms with Crippen molar-refractivity contribution in [2.45, 2.75) is 0 Å². The summed E-state index contributed by atoms with van der Waals surface area (Å²) in [5.41, 5.74) is 0. The molecule has 0 aliphatic carbocycles. The van der Waals surface area contributed by atoms with Crippen LogP contribution in [0.15, 0.2) is 41.8 Å². The van der Waals surface area contributed by atoms with Crippen LogP contribution < -0.4 is 15.4 Å². The van der Waals surface area contributed by atoms with Crippen molar-refractivity contribution in [3.8, 4) is 5.75 Å². The average Bonchev–Trinajstić information content (AvgIpc) is 3.18. The van der Waals surface area contributed by atoms with Gasteiger partial charge in [-0.15, -0.1) is 11.3 Å². The van der Waals surface area contributed by atoms with Gasteiger partial charge in [0, 0.05) is 5.02 Å². The van der Waals surface area contributed by atoms with Crippen LogP contribution in [0.5, 0.6) is 5.75 Å². The van der Waals surface area contributed by atoms with Crippen molar-refractivity contribution >= 4 is 40.7 Å². The SMILES string of the molecule is O=C(CNC(=O)c1cccs1)NCC(=O)OCCOc1ccc(Cl)cc1. The van der Waals surface area contributed by atoms with Gasteiger partial charge in [-0.25, -0.2) is 0 Å². The van der Waals surface area contributed by atoms with Gasteiger partial charge in [0.05, 0.1) is 11.4 Å². The Morgan fingerprint density at radius 3 is 2.46 bits per heavy atom. The fraction of sp³-hybridized carbons (Fsp3) is 0.235. The first-order valence-electron chi connectivity index (χ1n) is 7.67. The largest absolute Gasteiger partial charge is 0.490 e. The Kier molecular flexibility index (Phi) is 7.91. The number of halogens is 1. The van der Waals surface area contributed by atoms with Crippen LogP contribution >= 0.6 is 22.9 Å². The number of rotatable bonds is 9. The molecule has 2 N–H and O–H groups in total. The Bertz CT molecular complexity index is 734. The minimum atomic E-state index is -0.595. The molecule has 0 radical (unpaired) electrons. The predicted octanol–water partition coefficient (Wildman–Crippen LogP) is 1.87. The lowest BCUT2D eigenvalue weighted by Gasteiger charge is -2.08. The zero-order valence-corrected chi connectivity index (χ0v) is 15.3. The molecule has 0 aliphatic heterocycles. The second kappa shape index (κ2) is 10.4. The molecule has 0 atom stereocenters. The molecule has 0 aliphatic rings. The fourth-order valence-electron chi connectivity index (χ4n) is 1.79. The third kappa shape index (κ3) is 7.12. The average molecular weight is 397 g/mol. The predicted molar refractivity (Wildman–Crippen MR) is 97.6 cm³/mol. The van der Waals surface area contributed by atoms with Crippen LogP contribution in [0, 0.1) is 0 Å². The molecule has 1 aromatic carbocycles. The molecule has 0 bridgehead atoms. The van der Waals surface area contributed by atoms with E-state index in [-0.39, 0.29) is 32.2 Å². The number of hydrogen-bond acceptors (Lipinski definition) is 6. The van der Waals surface area contributed by atoms with Gasteiger partial charge in [-0.05, 0) is 35.7 Å². The molecule has 1 heterocycles. The molecule has 2 rings (SSSR count). The summed E-state index contributed by atoms with van der Waals surface area (Å²) in [6.45, 7) is -0.275. The van der Waals surface area contributed by atoms with Gasteiger partial charge in [0.25, 0.3) is 5.91 Å². The normalized spacial score (nSPS) is 10.0. The molecule has 0 spiro atoms. The lowest BCUT2D eigenvalue weighted by Crippen LogP contribution is -2.39. The van der Waals surface area contributed by atoms with E-state index in [1.807, 2.05) is 0 Å². The fourth-order valence-corrected chi connectivity index (χ4v) is 2.55. The number of thiophene rings is 1. The van der Waals surface area contributed by atoms with Crippen molar-refractivity contribution < 1.29 is 23.9 Å². The lowest BCUT2D eigenvalue weighted by atomic mass is 10.3. The molecule has 2 aromatic rings. The van der Waals surface area contributed by atoms with E-state index in [2.05, 4.69) is 10.6 Å². The van der Waals surface area contributed by atoms with Crippen molar-refractivity contribution in [3.05, 3.63) is 51.7 Å². The quantitative estimate of drug-likeness (QED) is 0.498. The van der Waals surface area contributed by atoms with Crippen LogP contribution in [0.3, 0.4) is 0 Å². The second-order valence-electron chi connectivity index (χ2n) is 4.96. The molecular formula is C17H17ClN2O5S. The monoisotopic (exact) mass is 396 g/mol. The maximum absolute atomic E-state index is 11.7. The summed E-state index contributed by atoms with van der Waals surface area (Å²) in [6, 6.07) is 10.2. The summed E-state index contributed by atoms with van der Waals surface area (Å²) in [6.07, 6.45) is 0. The molecule has 9 heteroatoms. The van der Waals surface area contributed by atoms with Gasteiger partial charge in [0.2, 0.25) is 5.91 Å². The molecule has 0 saturated heterocycles. The molecule has 1 aromatic heterocycles. The Morgan fingerprint density at radius 2 is 1.77 bits per heavy atom. The molecule has 0 saturated carbocycles. The molecule has 26 heavy (non-hydrogen) atoms. The first-order chi connectivity index (χ1) is 12.5. The highest BCUT2D eigenvalue weighted by molar-refractivity contribution is 7.12. The van der Waals surface area contributed by atoms with Crippen LogP contribution in [0.1, 0.15) is 9.67 Å². The third-order valence-corrected chi connectivity index (χ3v) is 4.13. The van der Waals surface area contributed by atoms with E-state index >= 15 is 0 Å². The zero-order chi connectivity index (χ0) is 18.8. The van der Waals surface area contributed by atoms with Crippen LogP contribution in [0.25, 0.3) is 0 Å². The minimum absolute atomic E-state index is 0.0481. The topological polar surface area (TPSA) is 93.7 Å². The summed E-state index contributed by atoms with van der Waals surface area (Å²) in [4.78, 5) is 35.3. The number of benzene rings is 1. The maximum atomic E-state index is 11.7. The summed E-state index contributed by atoms with van der Waals surface area (Å²) >= 11 is 7.03. The van der Waals surface area contributed by atoms with Crippen molar-refractivity contribution in [3.63, 3.8) is 0 Å². The van der Waals surface area contributed by atoms with Gasteiger partial charge in [-0.1, -0.05) is 17.7 Å². The van der Waals surface area contributed by atoms with Gasteiger partial charge in [-0.2, -0.15) is 0 Å². The van der Waals surface area contributed by atoms with E-state index in [0.717, 1.165) is 0 Å². The smallest absolute Gasteiger partial charge is 0.325 e.